The number of nitrogens with one attached hydrogen (secondary N) is 2. The van der Waals surface area contributed by atoms with Crippen molar-refractivity contribution in [3.63, 3.8) is 0 Å². The van der Waals surface area contributed by atoms with Crippen molar-refractivity contribution in [1.29, 1.82) is 0 Å². The Bertz CT molecular complexity index is 496. The van der Waals surface area contributed by atoms with Gasteiger partial charge in [0.05, 0.1) is 0 Å². The van der Waals surface area contributed by atoms with E-state index in [0.717, 1.165) is 0 Å². The molecule has 0 radical (unpaired) electrons. The SMILES string of the molecule is CSCC[C@@H](C=O)OC(=O)[C@H](CC(C)C)NC(=O)[C@H](CC(C)C)NC(C)=O. The Hall–Kier alpha value is -1.57. The molecule has 0 aliphatic heterocycles. The Kier molecular flexibility index (Phi) is 12.8. The maximum atomic E-state index is 12.6. The van der Waals surface area contributed by atoms with Gasteiger partial charge in [0.15, 0.2) is 12.4 Å². The summed E-state index contributed by atoms with van der Waals surface area (Å²) in [5.74, 6) is -0.342. The highest BCUT2D eigenvalue weighted by Crippen LogP contribution is 2.11. The second kappa shape index (κ2) is 13.6. The molecule has 7 nitrogen and oxygen atoms in total. The van der Waals surface area contributed by atoms with Crippen LogP contribution in [0.5, 0.6) is 0 Å². The summed E-state index contributed by atoms with van der Waals surface area (Å²) in [7, 11) is 0. The van der Waals surface area contributed by atoms with Crippen LogP contribution in [0, 0.1) is 11.8 Å². The molecule has 0 aromatic rings. The Morgan fingerprint density at radius 1 is 1.00 bits per heavy atom. The topological polar surface area (TPSA) is 102 Å². The van der Waals surface area contributed by atoms with Crippen LogP contribution in [0.3, 0.4) is 0 Å². The number of carbonyl (C=O) groups excluding carboxylic acids is 4. The number of thioether (sulfide) groups is 1. The van der Waals surface area contributed by atoms with E-state index in [4.69, 9.17) is 4.74 Å². The number of rotatable bonds is 13. The molecule has 27 heavy (non-hydrogen) atoms. The summed E-state index contributed by atoms with van der Waals surface area (Å²) in [6, 6.07) is -1.58. The predicted molar refractivity (Wildman–Crippen MR) is 107 cm³/mol. The lowest BCUT2D eigenvalue weighted by atomic mass is 10.0. The van der Waals surface area contributed by atoms with E-state index in [1.54, 1.807) is 11.8 Å². The van der Waals surface area contributed by atoms with E-state index >= 15 is 0 Å². The zero-order valence-corrected chi connectivity index (χ0v) is 18.1. The number of carbonyl (C=O) groups is 4. The lowest BCUT2D eigenvalue weighted by molar-refractivity contribution is -0.155. The minimum absolute atomic E-state index is 0.132. The van der Waals surface area contributed by atoms with E-state index in [-0.39, 0.29) is 17.7 Å². The third kappa shape index (κ3) is 11.7. The normalized spacial score (nSPS) is 14.4. The van der Waals surface area contributed by atoms with Gasteiger partial charge in [0, 0.05) is 13.3 Å². The summed E-state index contributed by atoms with van der Waals surface area (Å²) < 4.78 is 5.29. The van der Waals surface area contributed by atoms with E-state index in [1.807, 2.05) is 34.0 Å². The summed E-state index contributed by atoms with van der Waals surface area (Å²) in [4.78, 5) is 47.7. The first-order valence-corrected chi connectivity index (χ1v) is 10.7. The van der Waals surface area contributed by atoms with Gasteiger partial charge in [-0.3, -0.25) is 14.4 Å². The zero-order chi connectivity index (χ0) is 21.0. The molecule has 0 bridgehead atoms. The van der Waals surface area contributed by atoms with Crippen molar-refractivity contribution in [2.45, 2.75) is 72.1 Å². The fourth-order valence-corrected chi connectivity index (χ4v) is 2.99. The molecular formula is C19H34N2O5S. The van der Waals surface area contributed by atoms with E-state index < -0.39 is 30.1 Å². The largest absolute Gasteiger partial charge is 0.453 e. The van der Waals surface area contributed by atoms with Gasteiger partial charge < -0.3 is 15.4 Å². The summed E-state index contributed by atoms with van der Waals surface area (Å²) in [5.41, 5.74) is 0. The number of amides is 2. The molecular weight excluding hydrogens is 368 g/mol. The molecule has 0 aliphatic rings. The summed E-state index contributed by atoms with van der Waals surface area (Å²) in [5, 5.41) is 5.32. The number of esters is 1. The van der Waals surface area contributed by atoms with Crippen LogP contribution in [0.1, 0.15) is 53.9 Å². The zero-order valence-electron chi connectivity index (χ0n) is 17.2. The highest BCUT2D eigenvalue weighted by molar-refractivity contribution is 7.98. The standard InChI is InChI=1S/C19H34N2O5S/c1-12(2)9-16(20-14(5)23)18(24)21-17(10-13(3)4)19(25)26-15(11-22)7-8-27-6/h11-13,15-17H,7-10H2,1-6H3,(H,20,23)(H,21,24)/t15-,16-,17-/m0/s1. The molecule has 0 heterocycles. The van der Waals surface area contributed by atoms with Gasteiger partial charge in [-0.25, -0.2) is 4.79 Å². The fourth-order valence-electron chi connectivity index (χ4n) is 2.53. The Labute approximate surface area is 166 Å². The van der Waals surface area contributed by atoms with Crippen molar-refractivity contribution >= 4 is 35.8 Å². The number of hydrogen-bond acceptors (Lipinski definition) is 6. The maximum absolute atomic E-state index is 12.6. The summed E-state index contributed by atoms with van der Waals surface area (Å²) in [6.07, 6.45) is 2.97. The molecule has 2 amide bonds. The van der Waals surface area contributed by atoms with Gasteiger partial charge in [-0.1, -0.05) is 27.7 Å². The first-order chi connectivity index (χ1) is 12.6. The first kappa shape index (κ1) is 25.4. The third-order valence-electron chi connectivity index (χ3n) is 3.74. The van der Waals surface area contributed by atoms with Gasteiger partial charge in [-0.2, -0.15) is 11.8 Å². The molecule has 0 spiro atoms. The molecule has 0 aliphatic carbocycles. The monoisotopic (exact) mass is 402 g/mol. The Morgan fingerprint density at radius 3 is 2.00 bits per heavy atom. The van der Waals surface area contributed by atoms with Gasteiger partial charge >= 0.3 is 5.97 Å². The quantitative estimate of drug-likeness (QED) is 0.361. The van der Waals surface area contributed by atoms with Crippen molar-refractivity contribution in [1.82, 2.24) is 10.6 Å². The minimum atomic E-state index is -0.863. The molecule has 156 valence electrons. The molecule has 0 unspecified atom stereocenters. The molecule has 0 rings (SSSR count). The fraction of sp³-hybridized carbons (Fsp3) is 0.789. The van der Waals surface area contributed by atoms with Gasteiger partial charge in [0.1, 0.15) is 12.1 Å². The highest BCUT2D eigenvalue weighted by Gasteiger charge is 2.29. The first-order valence-electron chi connectivity index (χ1n) is 9.32. The van der Waals surface area contributed by atoms with Crippen LogP contribution in [0.4, 0.5) is 0 Å². The van der Waals surface area contributed by atoms with Crippen LogP contribution in [-0.2, 0) is 23.9 Å². The van der Waals surface area contributed by atoms with Crippen LogP contribution in [-0.4, -0.2) is 54.3 Å². The second-order valence-corrected chi connectivity index (χ2v) is 8.45. The van der Waals surface area contributed by atoms with Crippen LogP contribution < -0.4 is 10.6 Å². The van der Waals surface area contributed by atoms with Gasteiger partial charge in [0.2, 0.25) is 11.8 Å². The number of aldehydes is 1. The van der Waals surface area contributed by atoms with E-state index in [9.17, 15) is 19.2 Å². The Morgan fingerprint density at radius 2 is 1.56 bits per heavy atom. The lowest BCUT2D eigenvalue weighted by Gasteiger charge is -2.25. The summed E-state index contributed by atoms with van der Waals surface area (Å²) >= 11 is 1.56. The predicted octanol–water partition coefficient (Wildman–Crippen LogP) is 1.93. The molecule has 3 atom stereocenters. The number of ether oxygens (including phenoxy) is 1. The van der Waals surface area contributed by atoms with Crippen LogP contribution >= 0.6 is 11.8 Å². The number of hydrogen-bond donors (Lipinski definition) is 2. The summed E-state index contributed by atoms with van der Waals surface area (Å²) in [6.45, 7) is 9.10. The molecule has 0 aromatic carbocycles. The third-order valence-corrected chi connectivity index (χ3v) is 4.38. The smallest absolute Gasteiger partial charge is 0.329 e. The van der Waals surface area contributed by atoms with Crippen molar-refractivity contribution in [3.05, 3.63) is 0 Å². The van der Waals surface area contributed by atoms with Crippen LogP contribution in [0.15, 0.2) is 0 Å². The lowest BCUT2D eigenvalue weighted by Crippen LogP contribution is -2.52. The minimum Gasteiger partial charge on any atom is -0.453 e. The molecule has 0 saturated heterocycles. The van der Waals surface area contributed by atoms with Crippen LogP contribution in [0.25, 0.3) is 0 Å². The Balaban J connectivity index is 5.14. The van der Waals surface area contributed by atoms with Crippen molar-refractivity contribution in [3.8, 4) is 0 Å². The van der Waals surface area contributed by atoms with E-state index in [1.165, 1.54) is 6.92 Å². The average molecular weight is 403 g/mol. The average Bonchev–Trinajstić information content (AvgIpc) is 2.55. The molecule has 0 aromatic heterocycles. The maximum Gasteiger partial charge on any atom is 0.329 e. The molecule has 0 fully saturated rings. The highest BCUT2D eigenvalue weighted by atomic mass is 32.2. The molecule has 0 saturated carbocycles. The van der Waals surface area contributed by atoms with E-state index in [0.29, 0.717) is 31.3 Å². The molecule has 8 heteroatoms. The van der Waals surface area contributed by atoms with Crippen molar-refractivity contribution in [2.24, 2.45) is 11.8 Å². The van der Waals surface area contributed by atoms with E-state index in [2.05, 4.69) is 10.6 Å². The van der Waals surface area contributed by atoms with Gasteiger partial charge in [0.25, 0.3) is 0 Å². The van der Waals surface area contributed by atoms with Crippen molar-refractivity contribution in [2.75, 3.05) is 12.0 Å². The second-order valence-electron chi connectivity index (χ2n) is 7.47. The van der Waals surface area contributed by atoms with Crippen LogP contribution in [0.2, 0.25) is 0 Å². The van der Waals surface area contributed by atoms with Crippen molar-refractivity contribution < 1.29 is 23.9 Å². The van der Waals surface area contributed by atoms with Gasteiger partial charge in [-0.15, -0.1) is 0 Å². The molecule has 2 N–H and O–H groups in total. The van der Waals surface area contributed by atoms with Gasteiger partial charge in [-0.05, 0) is 36.7 Å².